The maximum atomic E-state index is 11.3. The summed E-state index contributed by atoms with van der Waals surface area (Å²) in [5.41, 5.74) is 5.31. The van der Waals surface area contributed by atoms with E-state index in [0.29, 0.717) is 25.2 Å². The van der Waals surface area contributed by atoms with Crippen LogP contribution < -0.4 is 16.2 Å². The lowest BCUT2D eigenvalue weighted by Gasteiger charge is -2.18. The van der Waals surface area contributed by atoms with Crippen molar-refractivity contribution in [3.63, 3.8) is 0 Å². The predicted molar refractivity (Wildman–Crippen MR) is 63.8 cm³/mol. The van der Waals surface area contributed by atoms with Crippen LogP contribution in [0.25, 0.3) is 0 Å². The fraction of sp³-hybridized carbons (Fsp3) is 0.500. The molecule has 1 heterocycles. The molecule has 0 radical (unpaired) electrons. The van der Waals surface area contributed by atoms with E-state index < -0.39 is 0 Å². The first kappa shape index (κ1) is 13.0. The fourth-order valence-corrected chi connectivity index (χ4v) is 1.37. The number of aromatic nitrogens is 2. The Kier molecular flexibility index (Phi) is 4.50. The minimum absolute atomic E-state index is 0.0769. The Hall–Kier alpha value is -2.05. The summed E-state index contributed by atoms with van der Waals surface area (Å²) in [7, 11) is 3.11. The third kappa shape index (κ3) is 3.47. The molecule has 0 aliphatic carbocycles. The number of rotatable bonds is 5. The molecule has 0 aliphatic rings. The highest BCUT2D eigenvalue weighted by Crippen LogP contribution is 2.13. The van der Waals surface area contributed by atoms with Crippen LogP contribution in [0.2, 0.25) is 0 Å². The van der Waals surface area contributed by atoms with Gasteiger partial charge in [-0.3, -0.25) is 9.59 Å². The van der Waals surface area contributed by atoms with Crippen molar-refractivity contribution in [2.75, 3.05) is 31.3 Å². The van der Waals surface area contributed by atoms with E-state index in [0.717, 1.165) is 0 Å². The van der Waals surface area contributed by atoms with Gasteiger partial charge in [-0.05, 0) is 6.42 Å². The normalized spacial score (nSPS) is 10.0. The number of nitrogens with two attached hydrogens (primary N) is 1. The molecule has 0 aliphatic heterocycles. The van der Waals surface area contributed by atoms with Crippen LogP contribution >= 0.6 is 0 Å². The van der Waals surface area contributed by atoms with Gasteiger partial charge in [-0.1, -0.05) is 0 Å². The monoisotopic (exact) mass is 240 g/mol. The number of nitrogens with zero attached hydrogens (tertiary/aromatic N) is 2. The van der Waals surface area contributed by atoms with Crippen LogP contribution in [0.3, 0.4) is 0 Å². The van der Waals surface area contributed by atoms with Gasteiger partial charge in [0.1, 0.15) is 5.69 Å². The Labute approximate surface area is 98.6 Å². The van der Waals surface area contributed by atoms with E-state index in [4.69, 9.17) is 5.73 Å². The quantitative estimate of drug-likeness (QED) is 0.688. The van der Waals surface area contributed by atoms with E-state index in [9.17, 15) is 9.59 Å². The van der Waals surface area contributed by atoms with Gasteiger partial charge < -0.3 is 20.4 Å². The van der Waals surface area contributed by atoms with E-state index in [2.05, 4.69) is 14.7 Å². The molecule has 94 valence electrons. The summed E-state index contributed by atoms with van der Waals surface area (Å²) >= 11 is 0. The molecule has 0 amide bonds. The Bertz CT molecular complexity index is 443. The first-order valence-corrected chi connectivity index (χ1v) is 5.17. The van der Waals surface area contributed by atoms with E-state index in [1.54, 1.807) is 11.9 Å². The third-order valence-corrected chi connectivity index (χ3v) is 2.33. The van der Waals surface area contributed by atoms with Crippen LogP contribution in [0, 0.1) is 0 Å². The second-order valence-corrected chi connectivity index (χ2v) is 3.57. The molecule has 7 nitrogen and oxygen atoms in total. The van der Waals surface area contributed by atoms with Crippen molar-refractivity contribution in [2.24, 2.45) is 0 Å². The second kappa shape index (κ2) is 5.88. The van der Waals surface area contributed by atoms with Crippen LogP contribution in [0.15, 0.2) is 11.1 Å². The molecule has 7 heteroatoms. The summed E-state index contributed by atoms with van der Waals surface area (Å²) in [6.45, 7) is 0.565. The molecule has 1 aromatic rings. The van der Waals surface area contributed by atoms with Gasteiger partial charge in [0.15, 0.2) is 5.82 Å². The Morgan fingerprint density at radius 2 is 2.35 bits per heavy atom. The van der Waals surface area contributed by atoms with Gasteiger partial charge in [0, 0.05) is 20.0 Å². The molecule has 0 bridgehead atoms. The molecule has 0 fully saturated rings. The summed E-state index contributed by atoms with van der Waals surface area (Å²) in [5, 5.41) is 0. The SMILES string of the molecule is COC(=O)CCCN(C)c1nc[nH]c(=O)c1N. The molecular formula is C10H16N4O3. The van der Waals surface area contributed by atoms with Gasteiger partial charge in [-0.25, -0.2) is 4.98 Å². The lowest BCUT2D eigenvalue weighted by Crippen LogP contribution is -2.25. The number of aromatic amines is 1. The Balaban J connectivity index is 2.58. The smallest absolute Gasteiger partial charge is 0.305 e. The number of carbonyl (C=O) groups is 1. The molecule has 0 spiro atoms. The summed E-state index contributed by atoms with van der Waals surface area (Å²) in [6, 6.07) is 0. The lowest BCUT2D eigenvalue weighted by molar-refractivity contribution is -0.140. The number of ether oxygens (including phenoxy) is 1. The maximum Gasteiger partial charge on any atom is 0.305 e. The maximum absolute atomic E-state index is 11.3. The standard InChI is InChI=1S/C10H16N4O3/c1-14(5-3-4-7(15)17-2)9-8(11)10(16)13-6-12-9/h6H,3-5,11H2,1-2H3,(H,12,13,16). The zero-order valence-electron chi connectivity index (χ0n) is 9.90. The van der Waals surface area contributed by atoms with E-state index in [1.807, 2.05) is 0 Å². The first-order chi connectivity index (χ1) is 8.06. The molecule has 0 aromatic carbocycles. The van der Waals surface area contributed by atoms with Crippen molar-refractivity contribution in [1.82, 2.24) is 9.97 Å². The summed E-state index contributed by atoms with van der Waals surface area (Å²) in [4.78, 5) is 30.3. The number of hydrogen-bond donors (Lipinski definition) is 2. The van der Waals surface area contributed by atoms with Crippen molar-refractivity contribution >= 4 is 17.5 Å². The number of methoxy groups -OCH3 is 1. The molecule has 1 aromatic heterocycles. The minimum atomic E-state index is -0.366. The molecule has 0 saturated heterocycles. The number of esters is 1. The van der Waals surface area contributed by atoms with Crippen LogP contribution in [-0.2, 0) is 9.53 Å². The van der Waals surface area contributed by atoms with E-state index in [-0.39, 0.29) is 17.2 Å². The molecular weight excluding hydrogens is 224 g/mol. The van der Waals surface area contributed by atoms with Crippen LogP contribution in [0.4, 0.5) is 11.5 Å². The van der Waals surface area contributed by atoms with Gasteiger partial charge in [-0.15, -0.1) is 0 Å². The number of nitrogens with one attached hydrogen (secondary N) is 1. The third-order valence-electron chi connectivity index (χ3n) is 2.33. The van der Waals surface area contributed by atoms with Gasteiger partial charge in [0.25, 0.3) is 5.56 Å². The molecule has 0 atom stereocenters. The highest BCUT2D eigenvalue weighted by atomic mass is 16.5. The average molecular weight is 240 g/mol. The Morgan fingerprint density at radius 1 is 1.65 bits per heavy atom. The van der Waals surface area contributed by atoms with Crippen LogP contribution in [0.5, 0.6) is 0 Å². The number of carbonyl (C=O) groups excluding carboxylic acids is 1. The van der Waals surface area contributed by atoms with Crippen molar-refractivity contribution in [3.05, 3.63) is 16.7 Å². The second-order valence-electron chi connectivity index (χ2n) is 3.57. The van der Waals surface area contributed by atoms with Crippen molar-refractivity contribution < 1.29 is 9.53 Å². The number of anilines is 2. The van der Waals surface area contributed by atoms with Crippen molar-refractivity contribution in [2.45, 2.75) is 12.8 Å². The molecule has 0 saturated carbocycles. The molecule has 3 N–H and O–H groups in total. The van der Waals surface area contributed by atoms with Crippen LogP contribution in [0.1, 0.15) is 12.8 Å². The van der Waals surface area contributed by atoms with E-state index in [1.165, 1.54) is 13.4 Å². The highest BCUT2D eigenvalue weighted by molar-refractivity contribution is 5.69. The summed E-state index contributed by atoms with van der Waals surface area (Å²) in [6.07, 6.45) is 2.23. The predicted octanol–water partition coefficient (Wildman–Crippen LogP) is -0.258. The first-order valence-electron chi connectivity index (χ1n) is 5.17. The highest BCUT2D eigenvalue weighted by Gasteiger charge is 2.10. The van der Waals surface area contributed by atoms with E-state index >= 15 is 0 Å². The summed E-state index contributed by atoms with van der Waals surface area (Å²) < 4.78 is 4.53. The average Bonchev–Trinajstić information content (AvgIpc) is 2.32. The number of hydrogen-bond acceptors (Lipinski definition) is 6. The summed E-state index contributed by atoms with van der Waals surface area (Å²) in [5.74, 6) is 0.156. The van der Waals surface area contributed by atoms with Crippen molar-refractivity contribution in [1.29, 1.82) is 0 Å². The lowest BCUT2D eigenvalue weighted by atomic mass is 10.3. The molecule has 17 heavy (non-hydrogen) atoms. The molecule has 1 rings (SSSR count). The van der Waals surface area contributed by atoms with Gasteiger partial charge >= 0.3 is 5.97 Å². The molecule has 0 unspecified atom stereocenters. The Morgan fingerprint density at radius 3 is 3.00 bits per heavy atom. The topological polar surface area (TPSA) is 101 Å². The fourth-order valence-electron chi connectivity index (χ4n) is 1.37. The largest absolute Gasteiger partial charge is 0.469 e. The zero-order chi connectivity index (χ0) is 12.8. The minimum Gasteiger partial charge on any atom is -0.469 e. The number of H-pyrrole nitrogens is 1. The van der Waals surface area contributed by atoms with Crippen LogP contribution in [-0.4, -0.2) is 36.6 Å². The number of nitrogen functional groups attached to an aromatic ring is 1. The van der Waals surface area contributed by atoms with Gasteiger partial charge in [0.2, 0.25) is 0 Å². The zero-order valence-corrected chi connectivity index (χ0v) is 9.90. The van der Waals surface area contributed by atoms with Crippen molar-refractivity contribution in [3.8, 4) is 0 Å². The van der Waals surface area contributed by atoms with Gasteiger partial charge in [0.05, 0.1) is 13.4 Å². The van der Waals surface area contributed by atoms with Gasteiger partial charge in [-0.2, -0.15) is 0 Å².